The predicted octanol–water partition coefficient (Wildman–Crippen LogP) is 0.0707. The topological polar surface area (TPSA) is 133 Å². The van der Waals surface area contributed by atoms with Gasteiger partial charge in [0.2, 0.25) is 5.91 Å². The van der Waals surface area contributed by atoms with E-state index in [1.165, 1.54) is 11.8 Å². The van der Waals surface area contributed by atoms with Crippen molar-refractivity contribution >= 4 is 41.1 Å². The highest BCUT2D eigenvalue weighted by Crippen LogP contribution is 2.40. The Morgan fingerprint density at radius 3 is 2.62 bits per heavy atom. The van der Waals surface area contributed by atoms with Crippen molar-refractivity contribution in [2.24, 2.45) is 5.73 Å². The summed E-state index contributed by atoms with van der Waals surface area (Å²) in [5.74, 6) is -2.10. The fraction of sp³-hybridized carbons (Fsp3) is 0.312. The standard InChI is InChI=1S/C16H16ClN3O5S/c17-9-3-1-7(2-4-9)10(18)13(22)19-11-14(23)20-12(16(24)25)8(5-21)6-26-15(11)20/h1-4,10-11,15,21H,5-6,18H2,(H,19,22)(H,24,25)/t10?,11?,15-/m1/s1. The number of β-lactam (4-membered cyclic amide) rings is 1. The number of thioether (sulfide) groups is 1. The number of carboxylic acid groups (broad SMARTS) is 1. The van der Waals surface area contributed by atoms with Crippen molar-refractivity contribution in [2.45, 2.75) is 17.5 Å². The van der Waals surface area contributed by atoms with Crippen molar-refractivity contribution in [1.29, 1.82) is 0 Å². The van der Waals surface area contributed by atoms with E-state index in [-0.39, 0.29) is 17.0 Å². The third kappa shape index (κ3) is 3.18. The first kappa shape index (κ1) is 18.7. The largest absolute Gasteiger partial charge is 0.477 e. The number of hydrogen-bond donors (Lipinski definition) is 4. The van der Waals surface area contributed by atoms with Crippen LogP contribution in [0.4, 0.5) is 0 Å². The molecule has 2 aliphatic rings. The lowest BCUT2D eigenvalue weighted by atomic mass is 10.0. The van der Waals surface area contributed by atoms with Crippen LogP contribution in [0.2, 0.25) is 5.02 Å². The van der Waals surface area contributed by atoms with Gasteiger partial charge in [0.05, 0.1) is 6.61 Å². The zero-order valence-corrected chi connectivity index (χ0v) is 15.0. The van der Waals surface area contributed by atoms with Crippen LogP contribution in [-0.2, 0) is 14.4 Å². The van der Waals surface area contributed by atoms with Crippen molar-refractivity contribution in [2.75, 3.05) is 12.4 Å². The number of hydrogen-bond acceptors (Lipinski definition) is 6. The number of nitrogens with two attached hydrogens (primary N) is 1. The second-order valence-electron chi connectivity index (χ2n) is 5.84. The van der Waals surface area contributed by atoms with Gasteiger partial charge in [-0.1, -0.05) is 23.7 Å². The van der Waals surface area contributed by atoms with Crippen LogP contribution in [0.3, 0.4) is 0 Å². The summed E-state index contributed by atoms with van der Waals surface area (Å²) < 4.78 is 0. The van der Waals surface area contributed by atoms with E-state index in [0.717, 1.165) is 4.90 Å². The molecule has 0 saturated carbocycles. The number of fused-ring (bicyclic) bond motifs is 1. The van der Waals surface area contributed by atoms with Gasteiger partial charge >= 0.3 is 5.97 Å². The van der Waals surface area contributed by atoms with Crippen LogP contribution in [0.5, 0.6) is 0 Å². The molecule has 3 rings (SSSR count). The zero-order valence-electron chi connectivity index (χ0n) is 13.4. The molecule has 8 nitrogen and oxygen atoms in total. The third-order valence-corrected chi connectivity index (χ3v) is 5.84. The lowest BCUT2D eigenvalue weighted by molar-refractivity contribution is -0.151. The van der Waals surface area contributed by atoms with Gasteiger partial charge in [0, 0.05) is 10.8 Å². The van der Waals surface area contributed by atoms with Gasteiger partial charge in [-0.05, 0) is 23.3 Å². The summed E-state index contributed by atoms with van der Waals surface area (Å²) >= 11 is 7.09. The number of aliphatic hydroxyl groups is 1. The van der Waals surface area contributed by atoms with E-state index in [2.05, 4.69) is 5.32 Å². The quantitative estimate of drug-likeness (QED) is 0.517. The Labute approximate surface area is 158 Å². The van der Waals surface area contributed by atoms with Crippen molar-refractivity contribution < 1.29 is 24.6 Å². The van der Waals surface area contributed by atoms with Crippen molar-refractivity contribution in [3.05, 3.63) is 46.1 Å². The minimum Gasteiger partial charge on any atom is -0.477 e. The van der Waals surface area contributed by atoms with Crippen LogP contribution >= 0.6 is 23.4 Å². The minimum atomic E-state index is -1.28. The first-order chi connectivity index (χ1) is 12.3. The lowest BCUT2D eigenvalue weighted by Crippen LogP contribution is -2.71. The summed E-state index contributed by atoms with van der Waals surface area (Å²) in [6, 6.07) is 4.62. The fourth-order valence-corrected chi connectivity index (χ4v) is 4.33. The summed E-state index contributed by atoms with van der Waals surface area (Å²) in [7, 11) is 0. The number of nitrogens with one attached hydrogen (secondary N) is 1. The number of carbonyl (C=O) groups excluding carboxylic acids is 2. The Morgan fingerprint density at radius 1 is 1.38 bits per heavy atom. The minimum absolute atomic E-state index is 0.214. The van der Waals surface area contributed by atoms with Crippen LogP contribution < -0.4 is 11.1 Å². The number of carboxylic acids is 1. The van der Waals surface area contributed by atoms with Crippen molar-refractivity contribution in [3.8, 4) is 0 Å². The molecule has 1 fully saturated rings. The monoisotopic (exact) mass is 397 g/mol. The van der Waals surface area contributed by atoms with Crippen molar-refractivity contribution in [1.82, 2.24) is 10.2 Å². The number of aliphatic carboxylic acids is 1. The van der Waals surface area contributed by atoms with Gasteiger partial charge in [-0.15, -0.1) is 11.8 Å². The Hall–Kier alpha value is -2.07. The molecule has 1 aromatic carbocycles. The molecule has 0 aromatic heterocycles. The molecule has 0 aliphatic carbocycles. The van der Waals surface area contributed by atoms with Gasteiger partial charge in [-0.3, -0.25) is 14.5 Å². The highest BCUT2D eigenvalue weighted by Gasteiger charge is 2.54. The Morgan fingerprint density at radius 2 is 2.04 bits per heavy atom. The number of carbonyl (C=O) groups is 3. The molecule has 2 aliphatic heterocycles. The molecule has 0 bridgehead atoms. The summed E-state index contributed by atoms with van der Waals surface area (Å²) in [5.41, 5.74) is 6.53. The average Bonchev–Trinajstić information content (AvgIpc) is 2.64. The average molecular weight is 398 g/mol. The Balaban J connectivity index is 1.72. The van der Waals surface area contributed by atoms with Gasteiger partial charge in [0.25, 0.3) is 5.91 Å². The maximum absolute atomic E-state index is 12.4. The maximum Gasteiger partial charge on any atom is 0.352 e. The molecule has 2 unspecified atom stereocenters. The molecule has 0 radical (unpaired) electrons. The van der Waals surface area contributed by atoms with Gasteiger partial charge in [0.1, 0.15) is 23.2 Å². The smallest absolute Gasteiger partial charge is 0.352 e. The van der Waals surface area contributed by atoms with E-state index in [4.69, 9.17) is 17.3 Å². The summed E-state index contributed by atoms with van der Waals surface area (Å²) in [6.07, 6.45) is 0. The van der Waals surface area contributed by atoms with Crippen molar-refractivity contribution in [3.63, 3.8) is 0 Å². The van der Waals surface area contributed by atoms with Crippen LogP contribution in [0.1, 0.15) is 11.6 Å². The molecule has 2 heterocycles. The molecule has 10 heteroatoms. The van der Waals surface area contributed by atoms with E-state index < -0.39 is 41.8 Å². The maximum atomic E-state index is 12.4. The molecule has 5 N–H and O–H groups in total. The molecule has 3 atom stereocenters. The molecule has 2 amide bonds. The van der Waals surface area contributed by atoms with Crippen LogP contribution in [-0.4, -0.2) is 56.7 Å². The van der Waals surface area contributed by atoms with Crippen LogP contribution in [0, 0.1) is 0 Å². The third-order valence-electron chi connectivity index (χ3n) is 4.25. The Kier molecular flexibility index (Phi) is 5.24. The highest BCUT2D eigenvalue weighted by molar-refractivity contribution is 8.00. The molecule has 0 spiro atoms. The summed E-state index contributed by atoms with van der Waals surface area (Å²) in [4.78, 5) is 37.3. The predicted molar refractivity (Wildman–Crippen MR) is 95.2 cm³/mol. The van der Waals surface area contributed by atoms with Crippen LogP contribution in [0.25, 0.3) is 0 Å². The second-order valence-corrected chi connectivity index (χ2v) is 7.38. The first-order valence-corrected chi connectivity index (χ1v) is 9.10. The van der Waals surface area contributed by atoms with E-state index >= 15 is 0 Å². The number of aliphatic hydroxyl groups excluding tert-OH is 1. The second kappa shape index (κ2) is 7.28. The van der Waals surface area contributed by atoms with E-state index in [9.17, 15) is 24.6 Å². The SMILES string of the molecule is NC(C(=O)NC1C(=O)N2C(C(=O)O)=C(CO)CS[C@H]12)c1ccc(Cl)cc1. The molecule has 1 saturated heterocycles. The van der Waals surface area contributed by atoms with Gasteiger partial charge in [-0.25, -0.2) is 4.79 Å². The van der Waals surface area contributed by atoms with Gasteiger partial charge in [0.15, 0.2) is 0 Å². The molecule has 138 valence electrons. The van der Waals surface area contributed by atoms with Gasteiger partial charge < -0.3 is 21.3 Å². The van der Waals surface area contributed by atoms with E-state index in [0.29, 0.717) is 10.6 Å². The first-order valence-electron chi connectivity index (χ1n) is 7.67. The molecular formula is C16H16ClN3O5S. The normalized spacial score (nSPS) is 23.2. The number of nitrogens with zero attached hydrogens (tertiary/aromatic N) is 1. The molecular weight excluding hydrogens is 382 g/mol. The lowest BCUT2D eigenvalue weighted by Gasteiger charge is -2.49. The molecule has 1 aromatic rings. The number of benzene rings is 1. The van der Waals surface area contributed by atoms with E-state index in [1.807, 2.05) is 0 Å². The number of rotatable bonds is 5. The summed E-state index contributed by atoms with van der Waals surface area (Å²) in [6.45, 7) is -0.441. The number of amides is 2. The van der Waals surface area contributed by atoms with E-state index in [1.54, 1.807) is 24.3 Å². The fourth-order valence-electron chi connectivity index (χ4n) is 2.87. The van der Waals surface area contributed by atoms with Crippen LogP contribution in [0.15, 0.2) is 35.5 Å². The highest BCUT2D eigenvalue weighted by atomic mass is 35.5. The summed E-state index contributed by atoms with van der Waals surface area (Å²) in [5, 5.41) is 21.2. The molecule has 26 heavy (non-hydrogen) atoms. The Bertz CT molecular complexity index is 798. The number of halogens is 1. The van der Waals surface area contributed by atoms with Gasteiger partial charge in [-0.2, -0.15) is 0 Å². The zero-order chi connectivity index (χ0) is 19.0.